The van der Waals surface area contributed by atoms with Crippen LogP contribution < -0.4 is 0 Å². The molecule has 1 aromatic heterocycles. The van der Waals surface area contributed by atoms with E-state index < -0.39 is 0 Å². The SMILES string of the molecule is C=N/C(=C\C(=N/Cc1ccc2ccccc2c1)c1cccc(-c2cccc3ccccc23)c1)c1cccc(-c2cccnc2)c1. The molecule has 3 nitrogen and oxygen atoms in total. The number of hydrogen-bond donors (Lipinski definition) is 0. The first-order chi connectivity index (χ1) is 22.2. The molecule has 7 aromatic rings. The van der Waals surface area contributed by atoms with Gasteiger partial charge in [0, 0.05) is 29.1 Å². The minimum absolute atomic E-state index is 0.537. The van der Waals surface area contributed by atoms with Crippen LogP contribution in [0.25, 0.3) is 49.5 Å². The molecule has 7 rings (SSSR count). The fourth-order valence-electron chi connectivity index (χ4n) is 5.80. The van der Waals surface area contributed by atoms with Gasteiger partial charge in [-0.1, -0.05) is 121 Å². The summed E-state index contributed by atoms with van der Waals surface area (Å²) in [4.78, 5) is 14.0. The average Bonchev–Trinajstić information content (AvgIpc) is 3.12. The van der Waals surface area contributed by atoms with Gasteiger partial charge in [-0.2, -0.15) is 0 Å². The standard InChI is InChI=1S/C42H31N3/c1-43-41(36-16-6-14-34(25-36)38-18-9-23-44-29-38)27-42(45-28-30-21-22-31-10-2-3-12-33(31)24-30)37-17-7-15-35(26-37)40-20-8-13-32-11-4-5-19-39(32)40/h2-27,29H,1,28H2/b41-27-,45-42+. The van der Waals surface area contributed by atoms with E-state index in [1.54, 1.807) is 6.20 Å². The zero-order valence-corrected chi connectivity index (χ0v) is 24.8. The van der Waals surface area contributed by atoms with E-state index in [4.69, 9.17) is 4.99 Å². The van der Waals surface area contributed by atoms with E-state index in [9.17, 15) is 0 Å². The van der Waals surface area contributed by atoms with Crippen LogP contribution in [0.4, 0.5) is 0 Å². The van der Waals surface area contributed by atoms with Crippen molar-refractivity contribution in [1.82, 2.24) is 4.98 Å². The van der Waals surface area contributed by atoms with Crippen molar-refractivity contribution in [3.63, 3.8) is 0 Å². The second-order valence-corrected chi connectivity index (χ2v) is 11.0. The fourth-order valence-corrected chi connectivity index (χ4v) is 5.80. The quantitative estimate of drug-likeness (QED) is 0.166. The Hall–Kier alpha value is -5.93. The third-order valence-corrected chi connectivity index (χ3v) is 8.10. The Balaban J connectivity index is 1.33. The molecule has 0 unspecified atom stereocenters. The van der Waals surface area contributed by atoms with E-state index in [0.29, 0.717) is 6.54 Å². The molecular formula is C42H31N3. The van der Waals surface area contributed by atoms with Gasteiger partial charge < -0.3 is 0 Å². The van der Waals surface area contributed by atoms with E-state index in [-0.39, 0.29) is 0 Å². The highest BCUT2D eigenvalue weighted by Crippen LogP contribution is 2.30. The predicted octanol–water partition coefficient (Wildman–Crippen LogP) is 10.5. The number of aliphatic imine (C=N–C) groups is 2. The largest absolute Gasteiger partial charge is 0.280 e. The number of rotatable bonds is 8. The van der Waals surface area contributed by atoms with Crippen LogP contribution in [-0.4, -0.2) is 17.4 Å². The molecule has 0 aliphatic rings. The van der Waals surface area contributed by atoms with Gasteiger partial charge in [-0.15, -0.1) is 0 Å². The van der Waals surface area contributed by atoms with Crippen molar-refractivity contribution in [2.45, 2.75) is 6.54 Å². The first-order valence-electron chi connectivity index (χ1n) is 15.1. The van der Waals surface area contributed by atoms with E-state index in [2.05, 4.69) is 156 Å². The van der Waals surface area contributed by atoms with Crippen molar-refractivity contribution < 1.29 is 0 Å². The van der Waals surface area contributed by atoms with Crippen molar-refractivity contribution in [2.75, 3.05) is 0 Å². The van der Waals surface area contributed by atoms with Gasteiger partial charge in [0.2, 0.25) is 0 Å². The van der Waals surface area contributed by atoms with E-state index >= 15 is 0 Å². The summed E-state index contributed by atoms with van der Waals surface area (Å²) in [5.74, 6) is 0. The lowest BCUT2D eigenvalue weighted by molar-refractivity contribution is 1.07. The Morgan fingerprint density at radius 1 is 0.600 bits per heavy atom. The van der Waals surface area contributed by atoms with Gasteiger partial charge in [0.25, 0.3) is 0 Å². The molecule has 6 aromatic carbocycles. The third-order valence-electron chi connectivity index (χ3n) is 8.10. The Labute approximate surface area is 263 Å². The summed E-state index contributed by atoms with van der Waals surface area (Å²) in [5.41, 5.74) is 9.20. The molecule has 0 spiro atoms. The Bertz CT molecular complexity index is 2200. The molecule has 0 amide bonds. The Morgan fingerprint density at radius 2 is 1.31 bits per heavy atom. The smallest absolute Gasteiger partial charge is 0.0716 e. The van der Waals surface area contributed by atoms with Gasteiger partial charge in [0.05, 0.1) is 18.0 Å². The number of benzene rings is 6. The number of allylic oxidation sites excluding steroid dienone is 1. The molecule has 45 heavy (non-hydrogen) atoms. The fraction of sp³-hybridized carbons (Fsp3) is 0.0238. The summed E-state index contributed by atoms with van der Waals surface area (Å²) in [6.07, 6.45) is 5.71. The number of fused-ring (bicyclic) bond motifs is 2. The molecular weight excluding hydrogens is 546 g/mol. The number of pyridine rings is 1. The summed E-state index contributed by atoms with van der Waals surface area (Å²) < 4.78 is 0. The maximum Gasteiger partial charge on any atom is 0.0716 e. The van der Waals surface area contributed by atoms with Gasteiger partial charge in [-0.05, 0) is 80.9 Å². The molecule has 0 aliphatic carbocycles. The van der Waals surface area contributed by atoms with E-state index in [1.165, 1.54) is 27.1 Å². The Morgan fingerprint density at radius 3 is 2.16 bits per heavy atom. The van der Waals surface area contributed by atoms with Crippen molar-refractivity contribution >= 4 is 39.7 Å². The first kappa shape index (κ1) is 27.9. The Kier molecular flexibility index (Phi) is 7.89. The van der Waals surface area contributed by atoms with Gasteiger partial charge in [0.1, 0.15) is 0 Å². The van der Waals surface area contributed by atoms with Crippen LogP contribution in [0, 0.1) is 0 Å². The highest BCUT2D eigenvalue weighted by Gasteiger charge is 2.10. The van der Waals surface area contributed by atoms with Gasteiger partial charge >= 0.3 is 0 Å². The zero-order chi connectivity index (χ0) is 30.4. The van der Waals surface area contributed by atoms with Crippen LogP contribution in [0.1, 0.15) is 16.7 Å². The molecule has 0 N–H and O–H groups in total. The predicted molar refractivity (Wildman–Crippen MR) is 191 cm³/mol. The van der Waals surface area contributed by atoms with Crippen molar-refractivity contribution in [2.24, 2.45) is 9.98 Å². The molecule has 0 atom stereocenters. The van der Waals surface area contributed by atoms with Crippen molar-refractivity contribution in [3.8, 4) is 22.3 Å². The topological polar surface area (TPSA) is 37.6 Å². The van der Waals surface area contributed by atoms with Crippen LogP contribution in [-0.2, 0) is 6.54 Å². The summed E-state index contributed by atoms with van der Waals surface area (Å²) in [6, 6.07) is 50.9. The van der Waals surface area contributed by atoms with Crippen LogP contribution in [0.2, 0.25) is 0 Å². The molecule has 1 heterocycles. The highest BCUT2D eigenvalue weighted by molar-refractivity contribution is 6.13. The van der Waals surface area contributed by atoms with E-state index in [1.807, 2.05) is 18.3 Å². The molecule has 0 radical (unpaired) electrons. The van der Waals surface area contributed by atoms with Crippen molar-refractivity contribution in [3.05, 3.63) is 181 Å². The third kappa shape index (κ3) is 6.11. The first-order valence-corrected chi connectivity index (χ1v) is 15.1. The summed E-state index contributed by atoms with van der Waals surface area (Å²) in [6.45, 7) is 4.49. The summed E-state index contributed by atoms with van der Waals surface area (Å²) in [7, 11) is 0. The molecule has 0 fully saturated rings. The summed E-state index contributed by atoms with van der Waals surface area (Å²) in [5, 5.41) is 4.88. The molecule has 3 heteroatoms. The van der Waals surface area contributed by atoms with Gasteiger partial charge in [-0.3, -0.25) is 15.0 Å². The molecule has 0 saturated heterocycles. The maximum absolute atomic E-state index is 5.20. The average molecular weight is 578 g/mol. The highest BCUT2D eigenvalue weighted by atomic mass is 14.8. The molecule has 0 saturated carbocycles. The second-order valence-electron chi connectivity index (χ2n) is 11.0. The van der Waals surface area contributed by atoms with Gasteiger partial charge in [-0.25, -0.2) is 0 Å². The number of aromatic nitrogens is 1. The second kappa shape index (κ2) is 12.7. The lowest BCUT2D eigenvalue weighted by Gasteiger charge is -2.11. The zero-order valence-electron chi connectivity index (χ0n) is 24.8. The number of nitrogens with zero attached hydrogens (tertiary/aromatic N) is 3. The lowest BCUT2D eigenvalue weighted by Crippen LogP contribution is -2.01. The molecule has 0 aliphatic heterocycles. The van der Waals surface area contributed by atoms with Crippen LogP contribution in [0.3, 0.4) is 0 Å². The van der Waals surface area contributed by atoms with Gasteiger partial charge in [0.15, 0.2) is 0 Å². The minimum atomic E-state index is 0.537. The van der Waals surface area contributed by atoms with Crippen LogP contribution >= 0.6 is 0 Å². The maximum atomic E-state index is 5.20. The normalized spacial score (nSPS) is 12.0. The number of hydrogen-bond acceptors (Lipinski definition) is 3. The van der Waals surface area contributed by atoms with Crippen LogP contribution in [0.15, 0.2) is 174 Å². The van der Waals surface area contributed by atoms with Crippen molar-refractivity contribution in [1.29, 1.82) is 0 Å². The van der Waals surface area contributed by atoms with Crippen LogP contribution in [0.5, 0.6) is 0 Å². The molecule has 0 bridgehead atoms. The summed E-state index contributed by atoms with van der Waals surface area (Å²) >= 11 is 0. The lowest BCUT2D eigenvalue weighted by atomic mass is 9.95. The minimum Gasteiger partial charge on any atom is -0.280 e. The molecule has 214 valence electrons. The van der Waals surface area contributed by atoms with E-state index in [0.717, 1.165) is 44.8 Å². The monoisotopic (exact) mass is 577 g/mol.